The molecule has 56 valence electrons. The maximum absolute atomic E-state index is 11.2. The first-order chi connectivity index (χ1) is 4.72. The molecule has 2 nitrogen and oxygen atoms in total. The van der Waals surface area contributed by atoms with Crippen LogP contribution in [-0.2, 0) is 4.79 Å². The molecule has 2 rings (SSSR count). The van der Waals surface area contributed by atoms with Gasteiger partial charge in [-0.05, 0) is 19.8 Å². The number of hydrogen-bond donors (Lipinski definition) is 0. The van der Waals surface area contributed by atoms with Crippen molar-refractivity contribution in [1.82, 2.24) is 4.90 Å². The van der Waals surface area contributed by atoms with Crippen LogP contribution in [0.5, 0.6) is 0 Å². The van der Waals surface area contributed by atoms with Crippen molar-refractivity contribution < 1.29 is 4.79 Å². The van der Waals surface area contributed by atoms with E-state index < -0.39 is 0 Å². The van der Waals surface area contributed by atoms with Crippen molar-refractivity contribution in [1.29, 1.82) is 0 Å². The van der Waals surface area contributed by atoms with Gasteiger partial charge in [-0.2, -0.15) is 0 Å². The summed E-state index contributed by atoms with van der Waals surface area (Å²) in [7, 11) is 0. The molecule has 0 aromatic rings. The Morgan fingerprint density at radius 2 is 2.10 bits per heavy atom. The molecule has 1 amide bonds. The summed E-state index contributed by atoms with van der Waals surface area (Å²) in [4.78, 5) is 13.2. The Kier molecular flexibility index (Phi) is 1.08. The highest BCUT2D eigenvalue weighted by atomic mass is 16.2. The summed E-state index contributed by atoms with van der Waals surface area (Å²) in [6.07, 6.45) is 2.44. The van der Waals surface area contributed by atoms with E-state index in [9.17, 15) is 4.79 Å². The van der Waals surface area contributed by atoms with Gasteiger partial charge in [-0.3, -0.25) is 4.79 Å². The largest absolute Gasteiger partial charge is 0.336 e. The third kappa shape index (κ3) is 0.522. The number of β-lactam (4-membered cyclic amide) rings is 1. The molecule has 3 atom stereocenters. The average molecular weight is 139 g/mol. The second kappa shape index (κ2) is 1.74. The summed E-state index contributed by atoms with van der Waals surface area (Å²) in [5, 5.41) is 0. The molecule has 0 radical (unpaired) electrons. The summed E-state index contributed by atoms with van der Waals surface area (Å²) < 4.78 is 0. The van der Waals surface area contributed by atoms with Crippen molar-refractivity contribution in [3.8, 4) is 0 Å². The fourth-order valence-electron chi connectivity index (χ4n) is 2.21. The lowest BCUT2D eigenvalue weighted by Gasteiger charge is -2.43. The van der Waals surface area contributed by atoms with Gasteiger partial charge in [0.1, 0.15) is 0 Å². The first-order valence-corrected chi connectivity index (χ1v) is 4.04. The van der Waals surface area contributed by atoms with E-state index in [4.69, 9.17) is 0 Å². The van der Waals surface area contributed by atoms with E-state index in [0.29, 0.717) is 23.9 Å². The molecule has 2 fully saturated rings. The number of nitrogens with zero attached hydrogens (tertiary/aromatic N) is 1. The normalized spacial score (nSPS) is 45.2. The van der Waals surface area contributed by atoms with Gasteiger partial charge >= 0.3 is 0 Å². The molecule has 0 aromatic heterocycles. The third-order valence-corrected chi connectivity index (χ3v) is 2.93. The van der Waals surface area contributed by atoms with Gasteiger partial charge in [0.15, 0.2) is 0 Å². The fraction of sp³-hybridized carbons (Fsp3) is 0.875. The van der Waals surface area contributed by atoms with Crippen molar-refractivity contribution in [3.05, 3.63) is 0 Å². The Labute approximate surface area is 61.2 Å². The molecular formula is C8H13NO. The number of carbonyl (C=O) groups is 1. The molecular weight excluding hydrogens is 126 g/mol. The Hall–Kier alpha value is -0.530. The summed E-state index contributed by atoms with van der Waals surface area (Å²) in [5.41, 5.74) is 0. The van der Waals surface area contributed by atoms with Crippen LogP contribution in [-0.4, -0.2) is 22.9 Å². The van der Waals surface area contributed by atoms with Gasteiger partial charge in [-0.1, -0.05) is 6.92 Å². The first-order valence-electron chi connectivity index (χ1n) is 4.04. The van der Waals surface area contributed by atoms with Crippen molar-refractivity contribution in [2.24, 2.45) is 5.92 Å². The molecule has 2 saturated heterocycles. The van der Waals surface area contributed by atoms with E-state index in [2.05, 4.69) is 6.92 Å². The lowest BCUT2D eigenvalue weighted by Crippen LogP contribution is -2.58. The monoisotopic (exact) mass is 139 g/mol. The molecule has 0 spiro atoms. The number of fused-ring (bicyclic) bond motifs is 1. The van der Waals surface area contributed by atoms with Gasteiger partial charge < -0.3 is 4.90 Å². The van der Waals surface area contributed by atoms with Crippen molar-refractivity contribution >= 4 is 5.91 Å². The number of rotatable bonds is 0. The highest BCUT2D eigenvalue weighted by Gasteiger charge is 2.49. The molecule has 0 bridgehead atoms. The molecule has 2 aliphatic heterocycles. The van der Waals surface area contributed by atoms with Gasteiger partial charge in [0, 0.05) is 12.1 Å². The highest BCUT2D eigenvalue weighted by Crippen LogP contribution is 2.38. The van der Waals surface area contributed by atoms with Crippen LogP contribution in [0.25, 0.3) is 0 Å². The number of carbonyl (C=O) groups excluding carboxylic acids is 1. The minimum atomic E-state index is 0.324. The van der Waals surface area contributed by atoms with E-state index in [1.54, 1.807) is 0 Å². The van der Waals surface area contributed by atoms with Gasteiger partial charge in [0.25, 0.3) is 0 Å². The molecule has 10 heavy (non-hydrogen) atoms. The molecule has 0 aliphatic carbocycles. The zero-order valence-corrected chi connectivity index (χ0v) is 6.50. The first kappa shape index (κ1) is 6.20. The predicted octanol–water partition coefficient (Wildman–Crippen LogP) is 1.02. The highest BCUT2D eigenvalue weighted by molar-refractivity contribution is 5.86. The summed E-state index contributed by atoms with van der Waals surface area (Å²) in [6, 6.07) is 1.12. The molecule has 1 unspecified atom stereocenters. The van der Waals surface area contributed by atoms with E-state index in [0.717, 1.165) is 0 Å². The molecule has 0 saturated carbocycles. The quantitative estimate of drug-likeness (QED) is 0.459. The van der Waals surface area contributed by atoms with Crippen LogP contribution in [0.3, 0.4) is 0 Å². The van der Waals surface area contributed by atoms with E-state index in [1.807, 2.05) is 11.8 Å². The summed E-state index contributed by atoms with van der Waals surface area (Å²) >= 11 is 0. The molecule has 2 heterocycles. The maximum atomic E-state index is 11.2. The Morgan fingerprint density at radius 1 is 1.40 bits per heavy atom. The standard InChI is InChI=1S/C8H13NO/c1-5-3-4-7-6(2)8(10)9(5)7/h5-7H,3-4H2,1-2H3/t5-,6-,7?/m1/s1. The SMILES string of the molecule is C[C@@H]1CCC2[C@@H](C)C(=O)N21. The van der Waals surface area contributed by atoms with Gasteiger partial charge in [0.05, 0.1) is 5.92 Å². The predicted molar refractivity (Wildman–Crippen MR) is 38.5 cm³/mol. The number of hydrogen-bond acceptors (Lipinski definition) is 1. The van der Waals surface area contributed by atoms with E-state index in [-0.39, 0.29) is 0 Å². The third-order valence-electron chi connectivity index (χ3n) is 2.93. The van der Waals surface area contributed by atoms with Crippen LogP contribution in [0.15, 0.2) is 0 Å². The summed E-state index contributed by atoms with van der Waals surface area (Å²) in [5.74, 6) is 0.694. The zero-order valence-electron chi connectivity index (χ0n) is 6.50. The van der Waals surface area contributed by atoms with Gasteiger partial charge in [0.2, 0.25) is 5.91 Å². The van der Waals surface area contributed by atoms with E-state index in [1.165, 1.54) is 12.8 Å². The van der Waals surface area contributed by atoms with Crippen LogP contribution in [0.2, 0.25) is 0 Å². The lowest BCUT2D eigenvalue weighted by atomic mass is 9.90. The molecule has 0 N–H and O–H groups in total. The van der Waals surface area contributed by atoms with Crippen LogP contribution >= 0.6 is 0 Å². The average Bonchev–Trinajstić information content (AvgIpc) is 2.27. The smallest absolute Gasteiger partial charge is 0.227 e. The molecule has 2 heteroatoms. The minimum Gasteiger partial charge on any atom is -0.336 e. The van der Waals surface area contributed by atoms with Gasteiger partial charge in [-0.25, -0.2) is 0 Å². The Morgan fingerprint density at radius 3 is 2.70 bits per heavy atom. The fourth-order valence-corrected chi connectivity index (χ4v) is 2.21. The lowest BCUT2D eigenvalue weighted by molar-refractivity contribution is -0.153. The van der Waals surface area contributed by atoms with Crippen LogP contribution in [0.4, 0.5) is 0 Å². The van der Waals surface area contributed by atoms with Crippen LogP contribution < -0.4 is 0 Å². The minimum absolute atomic E-state index is 0.324. The Bertz CT molecular complexity index is 178. The second-order valence-electron chi connectivity index (χ2n) is 3.53. The van der Waals surface area contributed by atoms with Crippen molar-refractivity contribution in [2.45, 2.75) is 38.8 Å². The molecule has 0 aromatic carbocycles. The van der Waals surface area contributed by atoms with Crippen molar-refractivity contribution in [2.75, 3.05) is 0 Å². The van der Waals surface area contributed by atoms with Crippen LogP contribution in [0.1, 0.15) is 26.7 Å². The van der Waals surface area contributed by atoms with E-state index >= 15 is 0 Å². The second-order valence-corrected chi connectivity index (χ2v) is 3.53. The summed E-state index contributed by atoms with van der Waals surface area (Å²) in [6.45, 7) is 4.19. The van der Waals surface area contributed by atoms with Gasteiger partial charge in [-0.15, -0.1) is 0 Å². The zero-order chi connectivity index (χ0) is 7.30. The number of amides is 1. The topological polar surface area (TPSA) is 20.3 Å². The maximum Gasteiger partial charge on any atom is 0.227 e. The Balaban J connectivity index is 2.16. The van der Waals surface area contributed by atoms with Crippen molar-refractivity contribution in [3.63, 3.8) is 0 Å². The van der Waals surface area contributed by atoms with Crippen LogP contribution in [0, 0.1) is 5.92 Å². The molecule has 2 aliphatic rings.